The van der Waals surface area contributed by atoms with Crippen molar-refractivity contribution in [1.82, 2.24) is 4.57 Å². The van der Waals surface area contributed by atoms with Crippen LogP contribution in [0.2, 0.25) is 0 Å². The van der Waals surface area contributed by atoms with Gasteiger partial charge >= 0.3 is 0 Å². The molecule has 0 N–H and O–H groups in total. The van der Waals surface area contributed by atoms with E-state index in [2.05, 4.69) is 276 Å². The summed E-state index contributed by atoms with van der Waals surface area (Å²) in [6.07, 6.45) is 0. The van der Waals surface area contributed by atoms with Gasteiger partial charge in [0.1, 0.15) is 0 Å². The van der Waals surface area contributed by atoms with Crippen LogP contribution in [0.15, 0.2) is 267 Å². The lowest BCUT2D eigenvalue weighted by molar-refractivity contribution is 1.18. The van der Waals surface area contributed by atoms with Crippen molar-refractivity contribution in [2.45, 2.75) is 0 Å². The van der Waals surface area contributed by atoms with Crippen molar-refractivity contribution < 1.29 is 0 Å². The van der Waals surface area contributed by atoms with E-state index in [0.29, 0.717) is 0 Å². The van der Waals surface area contributed by atoms with Crippen LogP contribution in [-0.4, -0.2) is 4.57 Å². The fourth-order valence-electron chi connectivity index (χ4n) is 10.6. The van der Waals surface area contributed by atoms with E-state index in [1.165, 1.54) is 98.6 Å². The van der Waals surface area contributed by atoms with Crippen molar-refractivity contribution in [3.8, 4) is 50.2 Å². The Morgan fingerprint density at radius 2 is 0.662 bits per heavy atom. The fourth-order valence-corrected chi connectivity index (χ4v) is 10.6. The summed E-state index contributed by atoms with van der Waals surface area (Å²) in [5.74, 6) is 0. The average Bonchev–Trinajstić information content (AvgIpc) is 3.76. The van der Waals surface area contributed by atoms with Gasteiger partial charge in [0.2, 0.25) is 0 Å². The van der Waals surface area contributed by atoms with Crippen molar-refractivity contribution >= 4 is 71.2 Å². The van der Waals surface area contributed by atoms with E-state index >= 15 is 0 Å². The summed E-state index contributed by atoms with van der Waals surface area (Å²) in [6, 6.07) is 97.3. The molecule has 1 aromatic heterocycles. The molecule has 2 heteroatoms. The first kappa shape index (κ1) is 39.4. The number of hydrogen-bond acceptors (Lipinski definition) is 1. The highest BCUT2D eigenvalue weighted by Crippen LogP contribution is 2.42. The van der Waals surface area contributed by atoms with Gasteiger partial charge in [-0.25, -0.2) is 0 Å². The van der Waals surface area contributed by atoms with Gasteiger partial charge in [-0.15, -0.1) is 0 Å². The molecule has 68 heavy (non-hydrogen) atoms. The van der Waals surface area contributed by atoms with Crippen LogP contribution in [-0.2, 0) is 0 Å². The van der Waals surface area contributed by atoms with Crippen molar-refractivity contribution in [3.05, 3.63) is 267 Å². The summed E-state index contributed by atoms with van der Waals surface area (Å²) >= 11 is 0. The quantitative estimate of drug-likeness (QED) is 0.138. The van der Waals surface area contributed by atoms with Gasteiger partial charge in [0.25, 0.3) is 0 Å². The second kappa shape index (κ2) is 16.5. The highest BCUT2D eigenvalue weighted by Gasteiger charge is 2.18. The van der Waals surface area contributed by atoms with E-state index in [1.807, 2.05) is 0 Å². The van der Waals surface area contributed by atoms with Crippen LogP contribution in [0.25, 0.3) is 104 Å². The molecule has 0 saturated heterocycles. The Morgan fingerprint density at radius 1 is 0.235 bits per heavy atom. The minimum Gasteiger partial charge on any atom is -0.311 e. The maximum absolute atomic E-state index is 2.39. The van der Waals surface area contributed by atoms with E-state index in [-0.39, 0.29) is 0 Å². The Bertz CT molecular complexity index is 3970. The zero-order valence-corrected chi connectivity index (χ0v) is 37.3. The first-order valence-electron chi connectivity index (χ1n) is 23.4. The second-order valence-corrected chi connectivity index (χ2v) is 17.7. The molecule has 0 aliphatic carbocycles. The van der Waals surface area contributed by atoms with Gasteiger partial charge in [0.05, 0.1) is 11.0 Å². The van der Waals surface area contributed by atoms with Crippen molar-refractivity contribution in [1.29, 1.82) is 0 Å². The van der Waals surface area contributed by atoms with Crippen LogP contribution < -0.4 is 4.90 Å². The lowest BCUT2D eigenvalue weighted by Crippen LogP contribution is -2.09. The van der Waals surface area contributed by atoms with Crippen LogP contribution in [0, 0.1) is 0 Å². The molecule has 2 nitrogen and oxygen atoms in total. The number of anilines is 3. The Kier molecular flexibility index (Phi) is 9.54. The minimum absolute atomic E-state index is 1.09. The van der Waals surface area contributed by atoms with E-state index in [1.54, 1.807) is 0 Å². The maximum Gasteiger partial charge on any atom is 0.0547 e. The highest BCUT2D eigenvalue weighted by atomic mass is 15.1. The number of rotatable bonds is 8. The Morgan fingerprint density at radius 3 is 1.34 bits per heavy atom. The molecule has 0 fully saturated rings. The fraction of sp³-hybridized carbons (Fsp3) is 0. The molecular weight excluding hydrogens is 821 g/mol. The van der Waals surface area contributed by atoms with E-state index in [0.717, 1.165) is 22.7 Å². The average molecular weight is 865 g/mol. The summed E-state index contributed by atoms with van der Waals surface area (Å²) < 4.78 is 2.39. The van der Waals surface area contributed by atoms with E-state index < -0.39 is 0 Å². The molecule has 0 bridgehead atoms. The molecule has 318 valence electrons. The number of para-hydroxylation sites is 2. The molecule has 1 heterocycles. The SMILES string of the molecule is c1ccc(-n2c3ccccc3c3c(-c4ccc(N(c5ccc(-c6ccc(-c7cccc8ccccc78)cc6)cc5)c5ccc(-c6cccc7c6ccc6ccccc67)cc5)cc4)cccc32)cc1. The summed E-state index contributed by atoms with van der Waals surface area (Å²) in [5.41, 5.74) is 16.5. The third-order valence-corrected chi connectivity index (χ3v) is 13.8. The molecule has 0 saturated carbocycles. The summed E-state index contributed by atoms with van der Waals surface area (Å²) in [6.45, 7) is 0. The van der Waals surface area contributed by atoms with Gasteiger partial charge in [0, 0.05) is 33.5 Å². The zero-order chi connectivity index (χ0) is 45.0. The van der Waals surface area contributed by atoms with Crippen LogP contribution in [0.4, 0.5) is 17.1 Å². The molecule has 0 unspecified atom stereocenters. The molecule has 0 atom stereocenters. The zero-order valence-electron chi connectivity index (χ0n) is 37.3. The third-order valence-electron chi connectivity index (χ3n) is 13.8. The van der Waals surface area contributed by atoms with Crippen LogP contribution in [0.5, 0.6) is 0 Å². The Labute approximate surface area is 395 Å². The number of hydrogen-bond donors (Lipinski definition) is 0. The molecule has 12 aromatic carbocycles. The Balaban J connectivity index is 0.887. The molecule has 0 aliphatic heterocycles. The van der Waals surface area contributed by atoms with Crippen molar-refractivity contribution in [2.24, 2.45) is 0 Å². The first-order valence-corrected chi connectivity index (χ1v) is 23.4. The number of benzene rings is 12. The molecule has 0 amide bonds. The number of aromatic nitrogens is 1. The van der Waals surface area contributed by atoms with Gasteiger partial charge in [-0.3, -0.25) is 0 Å². The van der Waals surface area contributed by atoms with Gasteiger partial charge in [0.15, 0.2) is 0 Å². The predicted molar refractivity (Wildman–Crippen MR) is 290 cm³/mol. The van der Waals surface area contributed by atoms with Gasteiger partial charge in [-0.2, -0.15) is 0 Å². The standard InChI is InChI=1S/C66H44N2/c1-2-16-52(17-3-1)68-64-25-9-8-20-63(64)66-60(23-12-26-65(66)68)51-35-42-55(43-36-51)67(54-40-33-50(34-41-54)59-22-11-24-61-58-19-7-5-14-48(58)37-44-62(59)61)53-38-31-46(32-39-53)45-27-29-49(30-28-45)57-21-10-15-47-13-4-6-18-56(47)57/h1-44H. The lowest BCUT2D eigenvalue weighted by Gasteiger charge is -2.26. The normalized spacial score (nSPS) is 11.5. The largest absolute Gasteiger partial charge is 0.311 e. The third kappa shape index (κ3) is 6.73. The minimum atomic E-state index is 1.09. The smallest absolute Gasteiger partial charge is 0.0547 e. The number of fused-ring (bicyclic) bond motifs is 7. The Hall–Kier alpha value is -8.98. The second-order valence-electron chi connectivity index (χ2n) is 17.7. The first-order chi connectivity index (χ1) is 33.7. The van der Waals surface area contributed by atoms with Gasteiger partial charge in [-0.1, -0.05) is 206 Å². The summed E-state index contributed by atoms with van der Waals surface area (Å²) in [7, 11) is 0. The molecule has 0 aliphatic rings. The van der Waals surface area contributed by atoms with Crippen LogP contribution in [0.3, 0.4) is 0 Å². The van der Waals surface area contributed by atoms with Crippen LogP contribution >= 0.6 is 0 Å². The van der Waals surface area contributed by atoms with Crippen LogP contribution in [0.1, 0.15) is 0 Å². The topological polar surface area (TPSA) is 8.17 Å². The monoisotopic (exact) mass is 864 g/mol. The maximum atomic E-state index is 2.39. The van der Waals surface area contributed by atoms with Crippen molar-refractivity contribution in [2.75, 3.05) is 4.90 Å². The highest BCUT2D eigenvalue weighted by molar-refractivity contribution is 6.16. The molecule has 0 radical (unpaired) electrons. The van der Waals surface area contributed by atoms with E-state index in [9.17, 15) is 0 Å². The predicted octanol–water partition coefficient (Wildman–Crippen LogP) is 18.4. The molecule has 13 aromatic rings. The van der Waals surface area contributed by atoms with Gasteiger partial charge < -0.3 is 9.47 Å². The summed E-state index contributed by atoms with van der Waals surface area (Å²) in [4.78, 5) is 2.37. The number of nitrogens with zero attached hydrogens (tertiary/aromatic N) is 2. The summed E-state index contributed by atoms with van der Waals surface area (Å²) in [5, 5.41) is 10.1. The molecular formula is C66H44N2. The van der Waals surface area contributed by atoms with Crippen molar-refractivity contribution in [3.63, 3.8) is 0 Å². The molecule has 13 rings (SSSR count). The lowest BCUT2D eigenvalue weighted by atomic mass is 9.94. The van der Waals surface area contributed by atoms with E-state index in [4.69, 9.17) is 0 Å². The molecule has 0 spiro atoms. The van der Waals surface area contributed by atoms with Gasteiger partial charge in [-0.05, 0) is 137 Å².